The Kier molecular flexibility index (Phi) is 11.7. The Balaban J connectivity index is 1.54. The maximum Gasteiger partial charge on any atom is 0.216 e. The lowest BCUT2D eigenvalue weighted by Gasteiger charge is -2.05. The average Bonchev–Trinajstić information content (AvgIpc) is 3.23. The number of unbranched alkanes of at least 4 members (excludes halogenated alkanes) is 12. The van der Waals surface area contributed by atoms with Crippen LogP contribution in [-0.2, 0) is 6.42 Å². The molecule has 0 unspecified atom stereocenters. The Hall–Kier alpha value is -2.50. The van der Waals surface area contributed by atoms with Crippen LogP contribution < -0.4 is 0 Å². The number of rotatable bonds is 17. The van der Waals surface area contributed by atoms with Crippen molar-refractivity contribution in [1.29, 1.82) is 0 Å². The fraction of sp³-hybridized carbons (Fsp3) is 0.615. The highest BCUT2D eigenvalue weighted by atomic mass is 16.3. The van der Waals surface area contributed by atoms with Gasteiger partial charge in [-0.1, -0.05) is 89.7 Å². The van der Waals surface area contributed by atoms with Crippen LogP contribution >= 0.6 is 0 Å². The Morgan fingerprint density at radius 3 is 1.88 bits per heavy atom. The highest BCUT2D eigenvalue weighted by Gasteiger charge is 2.19. The summed E-state index contributed by atoms with van der Waals surface area (Å²) in [6.07, 6.45) is 23.0. The largest absolute Gasteiger partial charge is 0.494 e. The summed E-state index contributed by atoms with van der Waals surface area (Å²) >= 11 is 0. The van der Waals surface area contributed by atoms with E-state index < -0.39 is 0 Å². The fourth-order valence-electron chi connectivity index (χ4n) is 4.13. The molecule has 0 aromatic carbocycles. The van der Waals surface area contributed by atoms with E-state index in [-0.39, 0.29) is 29.2 Å². The monoisotopic (exact) mass is 446 g/mol. The summed E-state index contributed by atoms with van der Waals surface area (Å²) < 4.78 is 1.11. The molecule has 2 aromatic rings. The fourth-order valence-corrected chi connectivity index (χ4v) is 4.13. The summed E-state index contributed by atoms with van der Waals surface area (Å²) in [6.45, 7) is 2.26. The molecular weight excluding hydrogens is 404 g/mol. The standard InChI is InChI=1S/C26H42N2O4/c1-2-3-4-5-6-7-8-9-10-11-12-13-14-15-16-17-18-21-19-24(30)28(26(21)32)22-20-23(29)27-25(22)31/h15-16,19-20,27,29-32H,2-14,17-18H2,1H3. The lowest BCUT2D eigenvalue weighted by molar-refractivity contribution is 0.391. The molecule has 2 rings (SSSR count). The van der Waals surface area contributed by atoms with Crippen molar-refractivity contribution >= 4 is 0 Å². The molecule has 0 amide bonds. The molecular formula is C26H42N2O4. The summed E-state index contributed by atoms with van der Waals surface area (Å²) in [5, 5.41) is 39.7. The van der Waals surface area contributed by atoms with Gasteiger partial charge in [0.25, 0.3) is 0 Å². The maximum absolute atomic E-state index is 10.4. The average molecular weight is 447 g/mol. The molecule has 0 atom stereocenters. The number of aromatic nitrogens is 2. The molecule has 0 fully saturated rings. The molecule has 2 heterocycles. The zero-order valence-electron chi connectivity index (χ0n) is 19.7. The topological polar surface area (TPSA) is 102 Å². The van der Waals surface area contributed by atoms with Crippen LogP contribution in [0.3, 0.4) is 0 Å². The van der Waals surface area contributed by atoms with E-state index >= 15 is 0 Å². The molecule has 6 heteroatoms. The maximum atomic E-state index is 10.4. The van der Waals surface area contributed by atoms with E-state index in [2.05, 4.69) is 24.1 Å². The number of aromatic hydroxyl groups is 4. The first kappa shape index (κ1) is 25.8. The van der Waals surface area contributed by atoms with Gasteiger partial charge < -0.3 is 20.4 Å². The Labute approximate surface area is 192 Å². The Morgan fingerprint density at radius 1 is 0.750 bits per heavy atom. The summed E-state index contributed by atoms with van der Waals surface area (Å²) in [5.74, 6) is -0.886. The predicted octanol–water partition coefficient (Wildman–Crippen LogP) is 7.21. The quantitative estimate of drug-likeness (QED) is 0.131. The van der Waals surface area contributed by atoms with Crippen LogP contribution in [0.4, 0.5) is 0 Å². The molecule has 0 radical (unpaired) electrons. The van der Waals surface area contributed by atoms with Crippen molar-refractivity contribution in [2.45, 2.75) is 103 Å². The summed E-state index contributed by atoms with van der Waals surface area (Å²) in [6, 6.07) is 2.73. The van der Waals surface area contributed by atoms with E-state index in [4.69, 9.17) is 0 Å². The molecule has 180 valence electrons. The number of aryl methyl sites for hydroxylation is 1. The van der Waals surface area contributed by atoms with Crippen LogP contribution in [-0.4, -0.2) is 30.0 Å². The first-order valence-corrected chi connectivity index (χ1v) is 12.4. The zero-order valence-corrected chi connectivity index (χ0v) is 19.7. The van der Waals surface area contributed by atoms with Crippen LogP contribution in [0, 0.1) is 0 Å². The number of allylic oxidation sites excluding steroid dienone is 2. The molecule has 0 aliphatic rings. The Morgan fingerprint density at radius 2 is 1.31 bits per heavy atom. The molecule has 0 aliphatic carbocycles. The minimum Gasteiger partial charge on any atom is -0.494 e. The summed E-state index contributed by atoms with van der Waals surface area (Å²) in [4.78, 5) is 2.33. The molecule has 5 N–H and O–H groups in total. The van der Waals surface area contributed by atoms with Crippen molar-refractivity contribution in [1.82, 2.24) is 9.55 Å². The van der Waals surface area contributed by atoms with Crippen molar-refractivity contribution in [2.75, 3.05) is 0 Å². The number of H-pyrrole nitrogens is 1. The van der Waals surface area contributed by atoms with Crippen LogP contribution in [0.1, 0.15) is 102 Å². The highest BCUT2D eigenvalue weighted by molar-refractivity contribution is 5.54. The van der Waals surface area contributed by atoms with Gasteiger partial charge in [-0.15, -0.1) is 0 Å². The van der Waals surface area contributed by atoms with Crippen molar-refractivity contribution in [2.24, 2.45) is 0 Å². The van der Waals surface area contributed by atoms with E-state index in [0.29, 0.717) is 12.0 Å². The first-order chi connectivity index (χ1) is 15.5. The number of aromatic amines is 1. The highest BCUT2D eigenvalue weighted by Crippen LogP contribution is 2.37. The molecule has 0 saturated carbocycles. The lowest BCUT2D eigenvalue weighted by atomic mass is 10.0. The van der Waals surface area contributed by atoms with Crippen molar-refractivity contribution in [3.63, 3.8) is 0 Å². The van der Waals surface area contributed by atoms with Crippen molar-refractivity contribution < 1.29 is 20.4 Å². The van der Waals surface area contributed by atoms with Crippen molar-refractivity contribution in [3.05, 3.63) is 29.8 Å². The predicted molar refractivity (Wildman–Crippen MR) is 130 cm³/mol. The lowest BCUT2D eigenvalue weighted by Crippen LogP contribution is -1.92. The third-order valence-corrected chi connectivity index (χ3v) is 6.01. The number of nitrogens with zero attached hydrogens (tertiary/aromatic N) is 1. The van der Waals surface area contributed by atoms with Gasteiger partial charge in [0, 0.05) is 17.7 Å². The second kappa shape index (κ2) is 14.5. The van der Waals surface area contributed by atoms with Crippen LogP contribution in [0.5, 0.6) is 23.5 Å². The van der Waals surface area contributed by atoms with Gasteiger partial charge in [-0.25, -0.2) is 4.57 Å². The van der Waals surface area contributed by atoms with E-state index in [9.17, 15) is 20.4 Å². The molecule has 6 nitrogen and oxygen atoms in total. The van der Waals surface area contributed by atoms with Gasteiger partial charge in [0.2, 0.25) is 11.8 Å². The SMILES string of the molecule is CCCCCCCCCCCCCCC=CCCc1cc(O)n(-c2cc(O)[nH]c2O)c1O. The van der Waals surface area contributed by atoms with Crippen LogP contribution in [0.25, 0.3) is 5.69 Å². The summed E-state index contributed by atoms with van der Waals surface area (Å²) in [7, 11) is 0. The van der Waals surface area contributed by atoms with E-state index in [1.807, 2.05) is 0 Å². The van der Waals surface area contributed by atoms with Gasteiger partial charge in [-0.2, -0.15) is 0 Å². The molecule has 32 heavy (non-hydrogen) atoms. The first-order valence-electron chi connectivity index (χ1n) is 12.4. The second-order valence-corrected chi connectivity index (χ2v) is 8.76. The number of hydrogen-bond donors (Lipinski definition) is 5. The van der Waals surface area contributed by atoms with Crippen LogP contribution in [0.2, 0.25) is 0 Å². The van der Waals surface area contributed by atoms with Crippen molar-refractivity contribution in [3.8, 4) is 29.2 Å². The molecule has 0 bridgehead atoms. The minimum atomic E-state index is -0.322. The number of nitrogens with one attached hydrogen (secondary N) is 1. The van der Waals surface area contributed by atoms with Gasteiger partial charge in [0.15, 0.2) is 11.8 Å². The zero-order chi connectivity index (χ0) is 23.2. The van der Waals surface area contributed by atoms with Gasteiger partial charge in [0.05, 0.1) is 0 Å². The molecule has 0 spiro atoms. The molecule has 0 aliphatic heterocycles. The van der Waals surface area contributed by atoms with Crippen LogP contribution in [0.15, 0.2) is 24.3 Å². The normalized spacial score (nSPS) is 11.7. The van der Waals surface area contributed by atoms with Gasteiger partial charge in [-0.3, -0.25) is 4.98 Å². The third kappa shape index (κ3) is 8.56. The van der Waals surface area contributed by atoms with Gasteiger partial charge >= 0.3 is 0 Å². The van der Waals surface area contributed by atoms with E-state index in [1.165, 1.54) is 89.2 Å². The van der Waals surface area contributed by atoms with E-state index in [1.54, 1.807) is 0 Å². The second-order valence-electron chi connectivity index (χ2n) is 8.76. The third-order valence-electron chi connectivity index (χ3n) is 6.01. The Bertz CT molecular complexity index is 807. The van der Waals surface area contributed by atoms with Gasteiger partial charge in [0.1, 0.15) is 5.69 Å². The minimum absolute atomic E-state index is 0.103. The van der Waals surface area contributed by atoms with E-state index in [0.717, 1.165) is 17.4 Å². The molecule has 0 saturated heterocycles. The molecule has 2 aromatic heterocycles. The number of hydrogen-bond acceptors (Lipinski definition) is 4. The van der Waals surface area contributed by atoms with Gasteiger partial charge in [-0.05, 0) is 25.7 Å². The smallest absolute Gasteiger partial charge is 0.216 e. The summed E-state index contributed by atoms with van der Waals surface area (Å²) in [5.41, 5.74) is 0.698.